The molecule has 2 unspecified atom stereocenters. The van der Waals surface area contributed by atoms with E-state index in [1.165, 1.54) is 0 Å². The van der Waals surface area contributed by atoms with Gasteiger partial charge in [0.15, 0.2) is 0 Å². The van der Waals surface area contributed by atoms with Gasteiger partial charge in [0.05, 0.1) is 5.69 Å². The molecule has 1 amide bonds. The maximum atomic E-state index is 12.2. The van der Waals surface area contributed by atoms with Gasteiger partial charge in [-0.2, -0.15) is 0 Å². The number of hydrogen-bond acceptors (Lipinski definition) is 3. The molecule has 4 heteroatoms. The van der Waals surface area contributed by atoms with Crippen molar-refractivity contribution in [2.75, 3.05) is 18.5 Å². The first-order valence-corrected chi connectivity index (χ1v) is 6.74. The van der Waals surface area contributed by atoms with Crippen molar-refractivity contribution in [3.63, 3.8) is 0 Å². The van der Waals surface area contributed by atoms with E-state index in [0.29, 0.717) is 17.9 Å². The third kappa shape index (κ3) is 3.38. The van der Waals surface area contributed by atoms with Crippen molar-refractivity contribution in [1.82, 2.24) is 0 Å². The molecule has 2 rings (SSSR count). The second-order valence-electron chi connectivity index (χ2n) is 5.06. The van der Waals surface area contributed by atoms with E-state index in [1.54, 1.807) is 0 Å². The second kappa shape index (κ2) is 6.56. The van der Waals surface area contributed by atoms with Crippen LogP contribution in [-0.2, 0) is 9.53 Å². The van der Waals surface area contributed by atoms with Gasteiger partial charge in [-0.1, -0.05) is 24.8 Å². The average molecular weight is 273 g/mol. The van der Waals surface area contributed by atoms with E-state index >= 15 is 0 Å². The number of aliphatic hydroxyl groups excluding tert-OH is 1. The fourth-order valence-electron chi connectivity index (χ4n) is 2.24. The molecule has 1 aliphatic rings. The molecule has 0 radical (unpaired) electrons. The van der Waals surface area contributed by atoms with Crippen LogP contribution in [0, 0.1) is 24.7 Å². The fourth-order valence-corrected chi connectivity index (χ4v) is 2.24. The number of aryl methyl sites for hydroxylation is 1. The molecule has 20 heavy (non-hydrogen) atoms. The second-order valence-corrected chi connectivity index (χ2v) is 5.06. The van der Waals surface area contributed by atoms with Crippen molar-refractivity contribution in [3.05, 3.63) is 29.3 Å². The van der Waals surface area contributed by atoms with Crippen LogP contribution in [0.1, 0.15) is 24.5 Å². The molecule has 1 aromatic rings. The van der Waals surface area contributed by atoms with Crippen LogP contribution in [0.3, 0.4) is 0 Å². The summed E-state index contributed by atoms with van der Waals surface area (Å²) in [6.07, 6.45) is 0.512. The maximum absolute atomic E-state index is 12.2. The van der Waals surface area contributed by atoms with E-state index < -0.39 is 6.10 Å². The van der Waals surface area contributed by atoms with Gasteiger partial charge in [-0.15, -0.1) is 0 Å². The third-order valence-electron chi connectivity index (χ3n) is 3.38. The summed E-state index contributed by atoms with van der Waals surface area (Å²) in [6, 6.07) is 5.64. The highest BCUT2D eigenvalue weighted by molar-refractivity contribution is 5.95. The number of carbonyl (C=O) groups excluding carboxylic acids is 1. The molecule has 1 aliphatic heterocycles. The van der Waals surface area contributed by atoms with Crippen LogP contribution in [0.2, 0.25) is 0 Å². The van der Waals surface area contributed by atoms with E-state index in [9.17, 15) is 4.79 Å². The van der Waals surface area contributed by atoms with Gasteiger partial charge in [0.2, 0.25) is 0 Å². The molecular formula is C16H19NO3. The number of carbonyl (C=O) groups is 1. The number of rotatable bonds is 2. The lowest BCUT2D eigenvalue weighted by molar-refractivity contribution is -0.126. The minimum Gasteiger partial charge on any atom is -0.384 e. The predicted molar refractivity (Wildman–Crippen MR) is 77.3 cm³/mol. The van der Waals surface area contributed by atoms with Crippen molar-refractivity contribution in [2.24, 2.45) is 5.92 Å². The first kappa shape index (κ1) is 14.6. The summed E-state index contributed by atoms with van der Waals surface area (Å²) in [5.41, 5.74) is 2.40. The molecule has 0 aliphatic carbocycles. The van der Waals surface area contributed by atoms with Crippen molar-refractivity contribution in [2.45, 2.75) is 26.4 Å². The van der Waals surface area contributed by atoms with E-state index in [2.05, 4.69) is 17.2 Å². The normalized spacial score (nSPS) is 21.1. The van der Waals surface area contributed by atoms with Crippen LogP contribution < -0.4 is 5.32 Å². The average Bonchev–Trinajstić information content (AvgIpc) is 2.84. The lowest BCUT2D eigenvalue weighted by Gasteiger charge is -2.15. The summed E-state index contributed by atoms with van der Waals surface area (Å²) in [7, 11) is 0. The lowest BCUT2D eigenvalue weighted by atomic mass is 10.0. The first-order chi connectivity index (χ1) is 9.61. The summed E-state index contributed by atoms with van der Waals surface area (Å²) in [5, 5.41) is 11.7. The summed E-state index contributed by atoms with van der Waals surface area (Å²) < 4.78 is 5.46. The van der Waals surface area contributed by atoms with E-state index in [4.69, 9.17) is 9.84 Å². The van der Waals surface area contributed by atoms with E-state index in [-0.39, 0.29) is 18.4 Å². The summed E-state index contributed by atoms with van der Waals surface area (Å²) in [4.78, 5) is 12.2. The Kier molecular flexibility index (Phi) is 4.78. The van der Waals surface area contributed by atoms with E-state index in [1.807, 2.05) is 32.0 Å². The zero-order valence-electron chi connectivity index (χ0n) is 11.8. The molecule has 0 spiro atoms. The predicted octanol–water partition coefficient (Wildman–Crippen LogP) is 1.70. The van der Waals surface area contributed by atoms with Crippen molar-refractivity contribution < 1.29 is 14.6 Å². The van der Waals surface area contributed by atoms with Gasteiger partial charge in [-0.05, 0) is 37.0 Å². The van der Waals surface area contributed by atoms with Crippen LogP contribution in [0.25, 0.3) is 0 Å². The minimum atomic E-state index is -0.394. The van der Waals surface area contributed by atoms with Crippen LogP contribution in [0.4, 0.5) is 5.69 Å². The molecule has 106 valence electrons. The van der Waals surface area contributed by atoms with Gasteiger partial charge in [-0.25, -0.2) is 0 Å². The number of benzene rings is 1. The van der Waals surface area contributed by atoms with Crippen molar-refractivity contribution >= 4 is 11.6 Å². The highest BCUT2D eigenvalue weighted by atomic mass is 16.5. The minimum absolute atomic E-state index is 0.132. The van der Waals surface area contributed by atoms with Crippen LogP contribution in [-0.4, -0.2) is 30.3 Å². The Morgan fingerprint density at radius 2 is 2.35 bits per heavy atom. The molecule has 0 bridgehead atoms. The Labute approximate surface area is 119 Å². The maximum Gasteiger partial charge on any atom is 0.253 e. The topological polar surface area (TPSA) is 58.6 Å². The molecule has 2 N–H and O–H groups in total. The number of hydrogen-bond donors (Lipinski definition) is 2. The van der Waals surface area contributed by atoms with Gasteiger partial charge >= 0.3 is 0 Å². The SMILES string of the molecule is Cc1ccc(C#CCO)c(NC(=O)C2OCCC2C)c1. The van der Waals surface area contributed by atoms with Crippen LogP contribution in [0.5, 0.6) is 0 Å². The standard InChI is InChI=1S/C16H19NO3/c1-11-5-6-13(4-3-8-18)14(10-11)17-16(19)15-12(2)7-9-20-15/h5-6,10,12,15,18H,7-9H2,1-2H3,(H,17,19). The summed E-state index contributed by atoms with van der Waals surface area (Å²) >= 11 is 0. The number of aliphatic hydroxyl groups is 1. The van der Waals surface area contributed by atoms with Crippen LogP contribution in [0.15, 0.2) is 18.2 Å². The molecule has 2 atom stereocenters. The van der Waals surface area contributed by atoms with Crippen LogP contribution >= 0.6 is 0 Å². The molecule has 1 aromatic carbocycles. The molecule has 0 aromatic heterocycles. The Balaban J connectivity index is 2.19. The highest BCUT2D eigenvalue weighted by Crippen LogP contribution is 2.23. The molecule has 4 nitrogen and oxygen atoms in total. The Morgan fingerprint density at radius 3 is 3.00 bits per heavy atom. The largest absolute Gasteiger partial charge is 0.384 e. The zero-order chi connectivity index (χ0) is 14.5. The number of ether oxygens (including phenoxy) is 1. The van der Waals surface area contributed by atoms with Crippen molar-refractivity contribution in [3.8, 4) is 11.8 Å². The quantitative estimate of drug-likeness (QED) is 0.806. The first-order valence-electron chi connectivity index (χ1n) is 6.74. The fraction of sp³-hybridized carbons (Fsp3) is 0.438. The zero-order valence-corrected chi connectivity index (χ0v) is 11.8. The van der Waals surface area contributed by atoms with Gasteiger partial charge in [-0.3, -0.25) is 4.79 Å². The number of nitrogens with one attached hydrogen (secondary N) is 1. The van der Waals surface area contributed by atoms with Gasteiger partial charge in [0.1, 0.15) is 12.7 Å². The molecule has 1 heterocycles. The molecule has 0 saturated carbocycles. The van der Waals surface area contributed by atoms with Crippen molar-refractivity contribution in [1.29, 1.82) is 0 Å². The Hall–Kier alpha value is -1.83. The van der Waals surface area contributed by atoms with E-state index in [0.717, 1.165) is 12.0 Å². The lowest BCUT2D eigenvalue weighted by Crippen LogP contribution is -2.31. The monoisotopic (exact) mass is 273 g/mol. The van der Waals surface area contributed by atoms with Gasteiger partial charge in [0, 0.05) is 12.2 Å². The Morgan fingerprint density at radius 1 is 1.55 bits per heavy atom. The molecule has 1 fully saturated rings. The third-order valence-corrected chi connectivity index (χ3v) is 3.38. The van der Waals surface area contributed by atoms with Gasteiger partial charge in [0.25, 0.3) is 5.91 Å². The van der Waals surface area contributed by atoms with Gasteiger partial charge < -0.3 is 15.2 Å². The smallest absolute Gasteiger partial charge is 0.253 e. The number of amides is 1. The summed E-state index contributed by atoms with van der Waals surface area (Å²) in [6.45, 7) is 4.39. The summed E-state index contributed by atoms with van der Waals surface area (Å²) in [5.74, 6) is 5.54. The molecule has 1 saturated heterocycles. The highest BCUT2D eigenvalue weighted by Gasteiger charge is 2.31. The number of anilines is 1. The molecular weight excluding hydrogens is 254 g/mol. The Bertz CT molecular complexity index is 557.